The van der Waals surface area contributed by atoms with Crippen LogP contribution in [0.5, 0.6) is 0 Å². The molecular weight excluding hydrogens is 430 g/mol. The third-order valence-corrected chi connectivity index (χ3v) is 4.72. The van der Waals surface area contributed by atoms with Crippen molar-refractivity contribution in [3.8, 4) is 0 Å². The smallest absolute Gasteiger partial charge is 0.415 e. The number of alkyl halides is 3. The first-order valence-electron chi connectivity index (χ1n) is 9.08. The van der Waals surface area contributed by atoms with Crippen LogP contribution < -0.4 is 5.32 Å². The fourth-order valence-electron chi connectivity index (χ4n) is 3.49. The number of nitro benzene ring substituents is 1. The van der Waals surface area contributed by atoms with E-state index >= 15 is 0 Å². The summed E-state index contributed by atoms with van der Waals surface area (Å²) in [5.74, 6) is -2.56. The fraction of sp³-hybridized carbons (Fsp3) is 0.556. The number of rotatable bonds is 2. The Morgan fingerprint density at radius 2 is 2.03 bits per heavy atom. The van der Waals surface area contributed by atoms with E-state index in [0.717, 1.165) is 18.2 Å². The van der Waals surface area contributed by atoms with Gasteiger partial charge in [-0.15, -0.1) is 0 Å². The zero-order chi connectivity index (χ0) is 23.2. The monoisotopic (exact) mass is 449 g/mol. The summed E-state index contributed by atoms with van der Waals surface area (Å²) < 4.78 is 70.3. The number of carbonyl (C=O) groups excluding carboxylic acids is 1. The molecule has 0 bridgehead atoms. The maximum atomic E-state index is 14.7. The van der Waals surface area contributed by atoms with Crippen LogP contribution in [0.3, 0.4) is 0 Å². The van der Waals surface area contributed by atoms with Gasteiger partial charge in [-0.2, -0.15) is 13.2 Å². The number of nitrogens with zero attached hydrogens (tertiary/aromatic N) is 2. The number of ether oxygens (including phenoxy) is 3. The van der Waals surface area contributed by atoms with Gasteiger partial charge in [-0.05, 0) is 26.8 Å². The third kappa shape index (κ3) is 4.55. The Hall–Kier alpha value is -2.96. The van der Waals surface area contributed by atoms with Crippen LogP contribution in [0.1, 0.15) is 26.3 Å². The van der Waals surface area contributed by atoms with Crippen LogP contribution in [-0.2, 0) is 19.7 Å². The summed E-state index contributed by atoms with van der Waals surface area (Å²) in [7, 11) is 0. The molecular formula is C18H19F4N3O6. The first kappa shape index (κ1) is 22.7. The molecule has 1 fully saturated rings. The highest BCUT2D eigenvalue weighted by atomic mass is 19.4. The first-order chi connectivity index (χ1) is 14.2. The molecule has 1 amide bonds. The predicted molar refractivity (Wildman–Crippen MR) is 96.8 cm³/mol. The van der Waals surface area contributed by atoms with Gasteiger partial charge >= 0.3 is 12.3 Å². The van der Waals surface area contributed by atoms with Crippen molar-refractivity contribution in [2.75, 3.05) is 13.2 Å². The number of hydrogen-bond acceptors (Lipinski definition) is 7. The SMILES string of the molecule is CC(C)(C)OC(=O)NC1=NC2(c3cc([N+](=O)[O-])ccc3F)CO[C@H](C(F)(F)F)C2CO1. The summed E-state index contributed by atoms with van der Waals surface area (Å²) in [5.41, 5.74) is -3.91. The number of non-ortho nitro benzene ring substituents is 1. The molecule has 170 valence electrons. The zero-order valence-corrected chi connectivity index (χ0v) is 16.7. The molecule has 1 saturated heterocycles. The largest absolute Gasteiger partial charge is 0.464 e. The van der Waals surface area contributed by atoms with Gasteiger partial charge in [0.25, 0.3) is 11.7 Å². The zero-order valence-electron chi connectivity index (χ0n) is 16.7. The number of carbonyl (C=O) groups is 1. The number of aliphatic imine (C=N–C) groups is 1. The van der Waals surface area contributed by atoms with E-state index in [4.69, 9.17) is 14.2 Å². The van der Waals surface area contributed by atoms with Gasteiger partial charge in [0.1, 0.15) is 17.0 Å². The molecule has 2 aliphatic rings. The first-order valence-corrected chi connectivity index (χ1v) is 9.08. The van der Waals surface area contributed by atoms with Crippen molar-refractivity contribution in [2.24, 2.45) is 10.9 Å². The molecule has 31 heavy (non-hydrogen) atoms. The second-order valence-electron chi connectivity index (χ2n) is 8.08. The Kier molecular flexibility index (Phi) is 5.59. The van der Waals surface area contributed by atoms with E-state index in [1.165, 1.54) is 0 Å². The molecule has 1 aromatic rings. The second kappa shape index (κ2) is 7.62. The number of amides is 1. The van der Waals surface area contributed by atoms with E-state index in [0.29, 0.717) is 0 Å². The van der Waals surface area contributed by atoms with E-state index in [-0.39, 0.29) is 0 Å². The molecule has 0 aliphatic carbocycles. The summed E-state index contributed by atoms with van der Waals surface area (Å²) >= 11 is 0. The molecule has 3 atom stereocenters. The average molecular weight is 449 g/mol. The summed E-state index contributed by atoms with van der Waals surface area (Å²) in [5, 5.41) is 13.3. The highest BCUT2D eigenvalue weighted by Gasteiger charge is 2.63. The molecule has 0 spiro atoms. The lowest BCUT2D eigenvalue weighted by Gasteiger charge is -2.36. The molecule has 2 unspecified atom stereocenters. The quantitative estimate of drug-likeness (QED) is 0.421. The molecule has 0 radical (unpaired) electrons. The van der Waals surface area contributed by atoms with E-state index in [1.807, 2.05) is 0 Å². The minimum absolute atomic E-state index is 0.467. The number of benzene rings is 1. The molecule has 3 rings (SSSR count). The Morgan fingerprint density at radius 1 is 1.35 bits per heavy atom. The van der Waals surface area contributed by atoms with Gasteiger partial charge in [-0.25, -0.2) is 19.5 Å². The molecule has 0 saturated carbocycles. The Morgan fingerprint density at radius 3 is 2.61 bits per heavy atom. The number of halogens is 4. The Balaban J connectivity index is 2.07. The van der Waals surface area contributed by atoms with E-state index in [2.05, 4.69) is 10.3 Å². The van der Waals surface area contributed by atoms with Gasteiger partial charge in [0.05, 0.1) is 24.1 Å². The molecule has 9 nitrogen and oxygen atoms in total. The van der Waals surface area contributed by atoms with Crippen molar-refractivity contribution in [2.45, 2.75) is 44.2 Å². The lowest BCUT2D eigenvalue weighted by Crippen LogP contribution is -2.50. The minimum atomic E-state index is -4.82. The summed E-state index contributed by atoms with van der Waals surface area (Å²) in [6, 6.07) is 1.95. The van der Waals surface area contributed by atoms with Crippen molar-refractivity contribution in [1.29, 1.82) is 0 Å². The third-order valence-electron chi connectivity index (χ3n) is 4.72. The highest BCUT2D eigenvalue weighted by Crippen LogP contribution is 2.50. The van der Waals surface area contributed by atoms with Crippen LogP contribution in [0, 0.1) is 21.8 Å². The van der Waals surface area contributed by atoms with Crippen LogP contribution in [0.2, 0.25) is 0 Å². The van der Waals surface area contributed by atoms with Gasteiger partial charge in [0.15, 0.2) is 6.10 Å². The maximum Gasteiger partial charge on any atom is 0.415 e. The highest BCUT2D eigenvalue weighted by molar-refractivity contribution is 5.91. The van der Waals surface area contributed by atoms with Crippen molar-refractivity contribution in [3.05, 3.63) is 39.7 Å². The topological polar surface area (TPSA) is 112 Å². The predicted octanol–water partition coefficient (Wildman–Crippen LogP) is 3.42. The van der Waals surface area contributed by atoms with Crippen molar-refractivity contribution < 1.29 is 41.5 Å². The maximum absolute atomic E-state index is 14.7. The Bertz CT molecular complexity index is 930. The Labute approximate surface area is 173 Å². The average Bonchev–Trinajstić information content (AvgIpc) is 3.00. The number of amidine groups is 1. The number of fused-ring (bicyclic) bond motifs is 1. The molecule has 2 aliphatic heterocycles. The van der Waals surface area contributed by atoms with Crippen molar-refractivity contribution in [3.63, 3.8) is 0 Å². The van der Waals surface area contributed by atoms with Crippen LogP contribution in [-0.4, -0.2) is 48.1 Å². The number of hydrogen-bond donors (Lipinski definition) is 1. The lowest BCUT2D eigenvalue weighted by molar-refractivity contribution is -0.385. The van der Waals surface area contributed by atoms with Crippen LogP contribution in [0.25, 0.3) is 0 Å². The summed E-state index contributed by atoms with van der Waals surface area (Å²) in [6.07, 6.45) is -8.16. The number of alkyl carbamates (subject to hydrolysis) is 1. The summed E-state index contributed by atoms with van der Waals surface area (Å²) in [6.45, 7) is 3.39. The fourth-order valence-corrected chi connectivity index (χ4v) is 3.49. The molecule has 2 heterocycles. The van der Waals surface area contributed by atoms with Gasteiger partial charge in [0, 0.05) is 17.7 Å². The van der Waals surface area contributed by atoms with Crippen LogP contribution >= 0.6 is 0 Å². The minimum Gasteiger partial charge on any atom is -0.464 e. The number of nitrogens with one attached hydrogen (secondary N) is 1. The van der Waals surface area contributed by atoms with Crippen molar-refractivity contribution >= 4 is 17.8 Å². The van der Waals surface area contributed by atoms with Crippen LogP contribution in [0.15, 0.2) is 23.2 Å². The van der Waals surface area contributed by atoms with E-state index < -0.39 is 76.7 Å². The summed E-state index contributed by atoms with van der Waals surface area (Å²) in [4.78, 5) is 26.4. The second-order valence-corrected chi connectivity index (χ2v) is 8.08. The van der Waals surface area contributed by atoms with Gasteiger partial charge < -0.3 is 14.2 Å². The van der Waals surface area contributed by atoms with E-state index in [1.54, 1.807) is 20.8 Å². The molecule has 13 heteroatoms. The molecule has 1 N–H and O–H groups in total. The normalized spacial score (nSPS) is 25.8. The van der Waals surface area contributed by atoms with Crippen molar-refractivity contribution in [1.82, 2.24) is 5.32 Å². The molecule has 1 aromatic carbocycles. The van der Waals surface area contributed by atoms with Gasteiger partial charge in [-0.3, -0.25) is 10.1 Å². The standard InChI is InChI=1S/C18H19F4N3O6/c1-16(2,3)31-15(26)23-14-24-17(10-6-9(25(27)28)4-5-12(10)19)8-30-13(18(20,21)22)11(17)7-29-14/h4-6,11,13H,7-8H2,1-3H3,(H,23,24,26)/t11?,13-,17?/m0/s1. The van der Waals surface area contributed by atoms with Gasteiger partial charge in [-0.1, -0.05) is 0 Å². The van der Waals surface area contributed by atoms with E-state index in [9.17, 15) is 32.5 Å². The van der Waals surface area contributed by atoms with Gasteiger partial charge in [0.2, 0.25) is 0 Å². The molecule has 0 aromatic heterocycles. The van der Waals surface area contributed by atoms with Crippen LogP contribution in [0.4, 0.5) is 28.0 Å². The number of nitro groups is 1. The lowest BCUT2D eigenvalue weighted by atomic mass is 9.77.